The molecule has 2 aliphatic heterocycles. The lowest BCUT2D eigenvalue weighted by Gasteiger charge is -2.33. The number of aromatic nitrogens is 5. The van der Waals surface area contributed by atoms with Gasteiger partial charge in [0.25, 0.3) is 0 Å². The molecule has 0 bridgehead atoms. The maximum atomic E-state index is 13.0. The molecule has 5 rings (SSSR count). The van der Waals surface area contributed by atoms with Crippen LogP contribution in [-0.2, 0) is 9.53 Å². The third kappa shape index (κ3) is 4.54. The zero-order chi connectivity index (χ0) is 21.8. The van der Waals surface area contributed by atoms with Crippen LogP contribution in [0.25, 0.3) is 5.82 Å². The van der Waals surface area contributed by atoms with Gasteiger partial charge in [0, 0.05) is 43.6 Å². The molecular weight excluding hydrogens is 408 g/mol. The minimum Gasteiger partial charge on any atom is -0.378 e. The molecule has 2 saturated heterocycles. The molecule has 1 aromatic carbocycles. The maximum absolute atomic E-state index is 13.0. The van der Waals surface area contributed by atoms with E-state index >= 15 is 0 Å². The molecule has 2 aliphatic rings. The first-order valence-electron chi connectivity index (χ1n) is 10.9. The fourth-order valence-electron chi connectivity index (χ4n) is 4.18. The Morgan fingerprint density at radius 1 is 1.00 bits per heavy atom. The van der Waals surface area contributed by atoms with Crippen LogP contribution in [0.5, 0.6) is 0 Å². The van der Waals surface area contributed by atoms with Gasteiger partial charge in [-0.15, -0.1) is 0 Å². The highest BCUT2D eigenvalue weighted by Crippen LogP contribution is 2.24. The van der Waals surface area contributed by atoms with Crippen molar-refractivity contribution in [1.29, 1.82) is 0 Å². The van der Waals surface area contributed by atoms with Crippen LogP contribution in [0.4, 0.5) is 17.2 Å². The summed E-state index contributed by atoms with van der Waals surface area (Å²) >= 11 is 0. The van der Waals surface area contributed by atoms with Crippen LogP contribution in [0.3, 0.4) is 0 Å². The van der Waals surface area contributed by atoms with E-state index in [0.717, 1.165) is 62.9 Å². The van der Waals surface area contributed by atoms with E-state index in [-0.39, 0.29) is 11.8 Å². The van der Waals surface area contributed by atoms with Crippen molar-refractivity contribution in [2.24, 2.45) is 5.92 Å². The average Bonchev–Trinajstić information content (AvgIpc) is 3.40. The predicted octanol–water partition coefficient (Wildman–Crippen LogP) is 1.75. The number of hydrogen-bond donors (Lipinski definition) is 1. The van der Waals surface area contributed by atoms with Gasteiger partial charge in [-0.05, 0) is 37.1 Å². The summed E-state index contributed by atoms with van der Waals surface area (Å²) < 4.78 is 7.01. The summed E-state index contributed by atoms with van der Waals surface area (Å²) in [6.45, 7) is 4.76. The van der Waals surface area contributed by atoms with E-state index in [1.54, 1.807) is 11.0 Å². The number of ether oxygens (including phenoxy) is 1. The van der Waals surface area contributed by atoms with Crippen LogP contribution in [0.15, 0.2) is 49.3 Å². The maximum Gasteiger partial charge on any atom is 0.229 e. The van der Waals surface area contributed by atoms with Crippen molar-refractivity contribution in [3.63, 3.8) is 0 Å². The van der Waals surface area contributed by atoms with Gasteiger partial charge in [0.1, 0.15) is 24.8 Å². The van der Waals surface area contributed by atoms with Crippen LogP contribution in [0.1, 0.15) is 12.8 Å². The summed E-state index contributed by atoms with van der Waals surface area (Å²) in [5.41, 5.74) is 1.97. The Balaban J connectivity index is 1.22. The monoisotopic (exact) mass is 434 g/mol. The topological polar surface area (TPSA) is 101 Å². The third-order valence-corrected chi connectivity index (χ3v) is 5.92. The van der Waals surface area contributed by atoms with Crippen LogP contribution < -0.4 is 15.1 Å². The van der Waals surface area contributed by atoms with E-state index in [4.69, 9.17) is 4.74 Å². The summed E-state index contributed by atoms with van der Waals surface area (Å²) in [4.78, 5) is 30.0. The minimum absolute atomic E-state index is 0.0411. The zero-order valence-corrected chi connectivity index (χ0v) is 17.8. The number of nitrogens with one attached hydrogen (secondary N) is 1. The number of morpholine rings is 1. The van der Waals surface area contributed by atoms with Gasteiger partial charge >= 0.3 is 0 Å². The largest absolute Gasteiger partial charge is 0.378 e. The number of benzene rings is 1. The first-order valence-corrected chi connectivity index (χ1v) is 10.9. The Labute approximate surface area is 186 Å². The van der Waals surface area contributed by atoms with E-state index in [9.17, 15) is 4.79 Å². The molecule has 0 radical (unpaired) electrons. The highest BCUT2D eigenvalue weighted by molar-refractivity contribution is 5.93. The molecule has 0 saturated carbocycles. The molecule has 4 heterocycles. The van der Waals surface area contributed by atoms with Crippen molar-refractivity contribution in [3.05, 3.63) is 49.3 Å². The van der Waals surface area contributed by atoms with E-state index in [1.807, 2.05) is 18.2 Å². The fourth-order valence-corrected chi connectivity index (χ4v) is 4.18. The van der Waals surface area contributed by atoms with Crippen molar-refractivity contribution in [3.8, 4) is 5.82 Å². The fraction of sp³-hybridized carbons (Fsp3) is 0.409. The van der Waals surface area contributed by atoms with Gasteiger partial charge < -0.3 is 19.9 Å². The predicted molar refractivity (Wildman–Crippen MR) is 120 cm³/mol. The standard InChI is InChI=1S/C22H26N8O2/c31-22(27-18-3-5-19(6-4-18)28-8-10-32-11-9-28)17-2-1-7-29(13-17)20-12-21(25-15-24-20)30-16-23-14-26-30/h3-6,12,14-17H,1-2,7-11,13H2,(H,27,31). The number of anilines is 3. The lowest BCUT2D eigenvalue weighted by molar-refractivity contribution is -0.120. The van der Waals surface area contributed by atoms with Crippen molar-refractivity contribution in [2.75, 3.05) is 54.5 Å². The number of piperidine rings is 1. The molecule has 0 spiro atoms. The second-order valence-corrected chi connectivity index (χ2v) is 8.00. The van der Waals surface area contributed by atoms with Gasteiger partial charge in [-0.3, -0.25) is 4.79 Å². The molecule has 10 heteroatoms. The highest BCUT2D eigenvalue weighted by Gasteiger charge is 2.27. The van der Waals surface area contributed by atoms with E-state index in [0.29, 0.717) is 12.4 Å². The van der Waals surface area contributed by atoms with E-state index in [1.165, 1.54) is 12.7 Å². The van der Waals surface area contributed by atoms with Gasteiger partial charge in [-0.2, -0.15) is 5.10 Å². The number of amides is 1. The molecule has 1 N–H and O–H groups in total. The molecule has 0 aliphatic carbocycles. The SMILES string of the molecule is O=C(Nc1ccc(N2CCOCC2)cc1)C1CCCN(c2cc(-n3cncn3)ncn2)C1. The van der Waals surface area contributed by atoms with Crippen molar-refractivity contribution in [2.45, 2.75) is 12.8 Å². The van der Waals surface area contributed by atoms with Gasteiger partial charge in [0.2, 0.25) is 5.91 Å². The van der Waals surface area contributed by atoms with Gasteiger partial charge in [-0.1, -0.05) is 0 Å². The Hall–Kier alpha value is -3.53. The first-order chi connectivity index (χ1) is 15.8. The molecule has 1 amide bonds. The van der Waals surface area contributed by atoms with Gasteiger partial charge in [0.05, 0.1) is 19.1 Å². The number of rotatable bonds is 5. The van der Waals surface area contributed by atoms with Crippen molar-refractivity contribution < 1.29 is 9.53 Å². The quantitative estimate of drug-likeness (QED) is 0.648. The minimum atomic E-state index is -0.104. The first kappa shape index (κ1) is 20.4. The lowest BCUT2D eigenvalue weighted by atomic mass is 9.97. The van der Waals surface area contributed by atoms with E-state index in [2.05, 4.69) is 47.3 Å². The molecule has 1 atom stereocenters. The molecule has 166 valence electrons. The summed E-state index contributed by atoms with van der Waals surface area (Å²) in [7, 11) is 0. The Morgan fingerprint density at radius 2 is 1.81 bits per heavy atom. The van der Waals surface area contributed by atoms with Crippen molar-refractivity contribution >= 4 is 23.1 Å². The number of carbonyl (C=O) groups excluding carboxylic acids is 1. The smallest absolute Gasteiger partial charge is 0.229 e. The Kier molecular flexibility index (Phi) is 5.93. The molecule has 10 nitrogen and oxygen atoms in total. The van der Waals surface area contributed by atoms with E-state index < -0.39 is 0 Å². The molecule has 2 aromatic heterocycles. The number of hydrogen-bond acceptors (Lipinski definition) is 8. The van der Waals surface area contributed by atoms with Crippen LogP contribution in [0, 0.1) is 5.92 Å². The van der Waals surface area contributed by atoms with Gasteiger partial charge in [0.15, 0.2) is 5.82 Å². The van der Waals surface area contributed by atoms with Crippen LogP contribution >= 0.6 is 0 Å². The second kappa shape index (κ2) is 9.31. The molecule has 32 heavy (non-hydrogen) atoms. The third-order valence-electron chi connectivity index (χ3n) is 5.92. The zero-order valence-electron chi connectivity index (χ0n) is 17.8. The summed E-state index contributed by atoms with van der Waals surface area (Å²) in [5, 5.41) is 7.21. The lowest BCUT2D eigenvalue weighted by Crippen LogP contribution is -2.41. The summed E-state index contributed by atoms with van der Waals surface area (Å²) in [6, 6.07) is 9.93. The Morgan fingerprint density at radius 3 is 2.59 bits per heavy atom. The molecule has 1 unspecified atom stereocenters. The number of nitrogens with zero attached hydrogens (tertiary/aromatic N) is 7. The van der Waals surface area contributed by atoms with Crippen LogP contribution in [-0.4, -0.2) is 70.0 Å². The summed E-state index contributed by atoms with van der Waals surface area (Å²) in [5.74, 6) is 1.38. The molecule has 3 aromatic rings. The summed E-state index contributed by atoms with van der Waals surface area (Å²) in [6.07, 6.45) is 6.37. The molecule has 2 fully saturated rings. The Bertz CT molecular complexity index is 1030. The molecular formula is C22H26N8O2. The van der Waals surface area contributed by atoms with Crippen LogP contribution in [0.2, 0.25) is 0 Å². The van der Waals surface area contributed by atoms with Crippen molar-refractivity contribution in [1.82, 2.24) is 24.7 Å². The van der Waals surface area contributed by atoms with Gasteiger partial charge in [-0.25, -0.2) is 19.6 Å². The highest BCUT2D eigenvalue weighted by atomic mass is 16.5. The normalized spacial score (nSPS) is 19.1. The second-order valence-electron chi connectivity index (χ2n) is 8.00. The number of carbonyl (C=O) groups is 1. The average molecular weight is 435 g/mol.